The third-order valence-corrected chi connectivity index (χ3v) is 6.10. The van der Waals surface area contributed by atoms with E-state index >= 15 is 0 Å². The lowest BCUT2D eigenvalue weighted by molar-refractivity contribution is 0.114. The molecule has 2 atom stereocenters. The lowest BCUT2D eigenvalue weighted by Gasteiger charge is -2.42. The van der Waals surface area contributed by atoms with Gasteiger partial charge >= 0.3 is 5.63 Å². The van der Waals surface area contributed by atoms with E-state index in [1.54, 1.807) is 25.1 Å². The van der Waals surface area contributed by atoms with E-state index in [-0.39, 0.29) is 16.9 Å². The van der Waals surface area contributed by atoms with Gasteiger partial charge in [-0.15, -0.1) is 0 Å². The average molecular weight is 378 g/mol. The topological polar surface area (TPSA) is 75.7 Å². The van der Waals surface area contributed by atoms with Gasteiger partial charge in [0.05, 0.1) is 0 Å². The highest BCUT2D eigenvalue weighted by Gasteiger charge is 2.34. The molecule has 0 aliphatic carbocycles. The third-order valence-electron chi connectivity index (χ3n) is 6.10. The number of pyridine rings is 1. The first kappa shape index (κ1) is 17.3. The number of hydrogen-bond acceptors (Lipinski definition) is 5. The van der Waals surface area contributed by atoms with E-state index in [1.165, 1.54) is 6.07 Å². The second-order valence-corrected chi connectivity index (χ2v) is 8.12. The van der Waals surface area contributed by atoms with Gasteiger partial charge in [-0.25, -0.2) is 4.79 Å². The van der Waals surface area contributed by atoms with E-state index in [2.05, 4.69) is 11.0 Å². The molecule has 6 nitrogen and oxygen atoms in total. The van der Waals surface area contributed by atoms with E-state index in [9.17, 15) is 14.7 Å². The molecule has 1 saturated heterocycles. The number of piperidine rings is 1. The highest BCUT2D eigenvalue weighted by Crippen LogP contribution is 2.36. The van der Waals surface area contributed by atoms with E-state index < -0.39 is 0 Å². The molecule has 0 spiro atoms. The lowest BCUT2D eigenvalue weighted by atomic mass is 9.83. The summed E-state index contributed by atoms with van der Waals surface area (Å²) in [5.74, 6) is 0.947. The molecular weight excluding hydrogens is 356 g/mol. The number of benzene rings is 1. The molecule has 1 fully saturated rings. The Morgan fingerprint density at radius 2 is 2.00 bits per heavy atom. The summed E-state index contributed by atoms with van der Waals surface area (Å²) in [4.78, 5) is 26.6. The maximum absolute atomic E-state index is 12.2. The smallest absolute Gasteiger partial charge is 0.336 e. The number of rotatable bonds is 2. The van der Waals surface area contributed by atoms with Crippen LogP contribution in [-0.2, 0) is 13.1 Å². The summed E-state index contributed by atoms with van der Waals surface area (Å²) in [6.45, 7) is 4.89. The third kappa shape index (κ3) is 2.85. The summed E-state index contributed by atoms with van der Waals surface area (Å²) in [6.07, 6.45) is 1.09. The Kier molecular flexibility index (Phi) is 3.91. The zero-order valence-corrected chi connectivity index (χ0v) is 15.7. The first-order chi connectivity index (χ1) is 13.5. The molecule has 0 radical (unpaired) electrons. The van der Waals surface area contributed by atoms with Crippen LogP contribution in [0.4, 0.5) is 0 Å². The lowest BCUT2D eigenvalue weighted by Crippen LogP contribution is -2.46. The Labute approximate surface area is 161 Å². The number of aromatic hydroxyl groups is 1. The van der Waals surface area contributed by atoms with E-state index in [0.29, 0.717) is 29.5 Å². The van der Waals surface area contributed by atoms with Crippen LogP contribution >= 0.6 is 0 Å². The van der Waals surface area contributed by atoms with Crippen molar-refractivity contribution in [3.05, 3.63) is 74.0 Å². The van der Waals surface area contributed by atoms with Crippen molar-refractivity contribution >= 4 is 11.0 Å². The van der Waals surface area contributed by atoms with Crippen LogP contribution in [0.1, 0.15) is 29.2 Å². The first-order valence-electron chi connectivity index (χ1n) is 9.66. The molecule has 2 bridgehead atoms. The number of fused-ring (bicyclic) bond motifs is 5. The maximum Gasteiger partial charge on any atom is 0.336 e. The molecule has 144 valence electrons. The molecule has 6 heteroatoms. The highest BCUT2D eigenvalue weighted by molar-refractivity contribution is 5.82. The molecule has 0 unspecified atom stereocenters. The van der Waals surface area contributed by atoms with Gasteiger partial charge in [-0.3, -0.25) is 9.69 Å². The minimum atomic E-state index is -0.373. The Hall–Kier alpha value is -2.86. The molecular formula is C22H22N2O4. The van der Waals surface area contributed by atoms with E-state index in [4.69, 9.17) is 4.42 Å². The summed E-state index contributed by atoms with van der Waals surface area (Å²) < 4.78 is 7.26. The van der Waals surface area contributed by atoms with Gasteiger partial charge in [0.25, 0.3) is 5.56 Å². The van der Waals surface area contributed by atoms with Crippen LogP contribution in [0, 0.1) is 12.8 Å². The van der Waals surface area contributed by atoms with Gasteiger partial charge < -0.3 is 14.1 Å². The molecule has 0 amide bonds. The summed E-state index contributed by atoms with van der Waals surface area (Å²) in [5.41, 5.74) is 2.88. The number of aromatic nitrogens is 1. The summed E-state index contributed by atoms with van der Waals surface area (Å²) >= 11 is 0. The zero-order chi connectivity index (χ0) is 19.4. The van der Waals surface area contributed by atoms with Gasteiger partial charge in [0.15, 0.2) is 0 Å². The molecule has 3 aromatic rings. The van der Waals surface area contributed by atoms with Gasteiger partial charge in [-0.05, 0) is 48.6 Å². The van der Waals surface area contributed by atoms with Crippen LogP contribution in [0.2, 0.25) is 0 Å². The fraction of sp³-hybridized carbons (Fsp3) is 0.364. The Bertz CT molecular complexity index is 1190. The molecule has 28 heavy (non-hydrogen) atoms. The second-order valence-electron chi connectivity index (χ2n) is 8.12. The van der Waals surface area contributed by atoms with Crippen LogP contribution in [0.5, 0.6) is 5.75 Å². The summed E-state index contributed by atoms with van der Waals surface area (Å²) in [6, 6.07) is 10.4. The Balaban J connectivity index is 1.49. The van der Waals surface area contributed by atoms with Crippen molar-refractivity contribution in [2.24, 2.45) is 5.92 Å². The molecule has 1 N–H and O–H groups in total. The fourth-order valence-electron chi connectivity index (χ4n) is 4.86. The normalized spacial score (nSPS) is 21.6. The SMILES string of the molecule is Cc1cc2oc(=O)cc(CN3C[C@H]4C[C@@H](C3)c3cccc(=O)n3C4)c2cc1O. The minimum absolute atomic E-state index is 0.0816. The number of aryl methyl sites for hydroxylation is 1. The first-order valence-corrected chi connectivity index (χ1v) is 9.66. The van der Waals surface area contributed by atoms with Gasteiger partial charge in [0, 0.05) is 55.3 Å². The van der Waals surface area contributed by atoms with Gasteiger partial charge in [0.2, 0.25) is 0 Å². The van der Waals surface area contributed by atoms with Crippen molar-refractivity contribution in [1.29, 1.82) is 0 Å². The molecule has 0 saturated carbocycles. The molecule has 4 heterocycles. The van der Waals surface area contributed by atoms with Crippen molar-refractivity contribution in [3.8, 4) is 5.75 Å². The van der Waals surface area contributed by atoms with Crippen LogP contribution in [0.25, 0.3) is 11.0 Å². The summed E-state index contributed by atoms with van der Waals surface area (Å²) in [7, 11) is 0. The second kappa shape index (κ2) is 6.34. The van der Waals surface area contributed by atoms with E-state index in [1.807, 2.05) is 10.6 Å². The number of hydrogen-bond donors (Lipinski definition) is 1. The number of phenols is 1. The average Bonchev–Trinajstić information content (AvgIpc) is 2.64. The van der Waals surface area contributed by atoms with Crippen LogP contribution in [0.3, 0.4) is 0 Å². The maximum atomic E-state index is 12.2. The van der Waals surface area contributed by atoms with Crippen molar-refractivity contribution < 1.29 is 9.52 Å². The molecule has 2 aliphatic rings. The van der Waals surface area contributed by atoms with Gasteiger partial charge in [-0.1, -0.05) is 6.07 Å². The molecule has 5 rings (SSSR count). The van der Waals surface area contributed by atoms with Crippen LogP contribution < -0.4 is 11.2 Å². The standard InChI is InChI=1S/C22H22N2O4/c1-13-5-20-17(8-19(13)25)15(7-22(27)28-20)11-23-9-14-6-16(12-23)18-3-2-4-21(26)24(18)10-14/h2-5,7-8,14,16,25H,6,9-12H2,1H3/t14-,16+/m1/s1. The van der Waals surface area contributed by atoms with Crippen molar-refractivity contribution in [2.45, 2.75) is 32.4 Å². The van der Waals surface area contributed by atoms with Crippen molar-refractivity contribution in [2.75, 3.05) is 13.1 Å². The number of likely N-dealkylation sites (tertiary alicyclic amines) is 1. The highest BCUT2D eigenvalue weighted by atomic mass is 16.4. The Morgan fingerprint density at radius 1 is 1.14 bits per heavy atom. The quantitative estimate of drug-likeness (QED) is 0.694. The Morgan fingerprint density at radius 3 is 2.86 bits per heavy atom. The van der Waals surface area contributed by atoms with Crippen LogP contribution in [0.15, 0.2) is 50.4 Å². The van der Waals surface area contributed by atoms with Gasteiger partial charge in [0.1, 0.15) is 11.3 Å². The summed E-state index contributed by atoms with van der Waals surface area (Å²) in [5, 5.41) is 10.9. The zero-order valence-electron chi connectivity index (χ0n) is 15.7. The number of phenolic OH excluding ortho intramolecular Hbond substituents is 1. The van der Waals surface area contributed by atoms with Crippen LogP contribution in [-0.4, -0.2) is 27.7 Å². The number of nitrogens with zero attached hydrogens (tertiary/aromatic N) is 2. The van der Waals surface area contributed by atoms with E-state index in [0.717, 1.165) is 42.7 Å². The van der Waals surface area contributed by atoms with Crippen molar-refractivity contribution in [3.63, 3.8) is 0 Å². The molecule has 2 aromatic heterocycles. The van der Waals surface area contributed by atoms with Gasteiger partial charge in [-0.2, -0.15) is 0 Å². The van der Waals surface area contributed by atoms with Crippen molar-refractivity contribution in [1.82, 2.24) is 9.47 Å². The predicted molar refractivity (Wildman–Crippen MR) is 106 cm³/mol. The fourth-order valence-corrected chi connectivity index (χ4v) is 4.86. The monoisotopic (exact) mass is 378 g/mol. The predicted octanol–water partition coefficient (Wildman–Crippen LogP) is 2.59. The largest absolute Gasteiger partial charge is 0.508 e. The molecule has 1 aromatic carbocycles. The minimum Gasteiger partial charge on any atom is -0.508 e. The molecule has 2 aliphatic heterocycles.